The number of likely N-dealkylation sites (tertiary alicyclic amines) is 1. The largest absolute Gasteiger partial charge is 0.383 e. The smallest absolute Gasteiger partial charge is 0.258 e. The Bertz CT molecular complexity index is 432. The Morgan fingerprint density at radius 1 is 1.50 bits per heavy atom. The van der Waals surface area contributed by atoms with E-state index in [1.807, 2.05) is 0 Å². The van der Waals surface area contributed by atoms with Crippen LogP contribution in [0.1, 0.15) is 12.0 Å². The lowest BCUT2D eigenvalue weighted by Gasteiger charge is -2.13. The van der Waals surface area contributed by atoms with Gasteiger partial charge in [0, 0.05) is 6.20 Å². The van der Waals surface area contributed by atoms with E-state index >= 15 is 0 Å². The Hall–Kier alpha value is -1.46. The number of rotatable bonds is 2. The number of nitrogens with zero attached hydrogens (tertiary/aromatic N) is 2. The molecule has 2 heterocycles. The van der Waals surface area contributed by atoms with Crippen LogP contribution in [0.15, 0.2) is 18.3 Å². The molecule has 5 nitrogen and oxygen atoms in total. The molecule has 1 aliphatic heterocycles. The van der Waals surface area contributed by atoms with Gasteiger partial charge in [0.05, 0.1) is 13.0 Å². The Balaban J connectivity index is 2.13. The molecule has 1 unspecified atom stereocenters. The lowest BCUT2D eigenvalue weighted by atomic mass is 10.3. The summed E-state index contributed by atoms with van der Waals surface area (Å²) in [5, 5.41) is 9.56. The summed E-state index contributed by atoms with van der Waals surface area (Å²) in [5.41, 5.74) is 0.695. The molecule has 0 aliphatic carbocycles. The summed E-state index contributed by atoms with van der Waals surface area (Å²) in [6.07, 6.45) is 0.153. The highest BCUT2D eigenvalue weighted by atomic mass is 35.5. The number of aromatic nitrogens is 1. The molecule has 6 heteroatoms. The van der Waals surface area contributed by atoms with Crippen LogP contribution in [-0.4, -0.2) is 32.9 Å². The van der Waals surface area contributed by atoms with Crippen molar-refractivity contribution >= 4 is 23.4 Å². The molecule has 1 fully saturated rings. The van der Waals surface area contributed by atoms with Crippen LogP contribution in [0.2, 0.25) is 5.15 Å². The van der Waals surface area contributed by atoms with Crippen molar-refractivity contribution in [3.8, 4) is 0 Å². The minimum atomic E-state index is -1.20. The molecule has 1 saturated heterocycles. The minimum Gasteiger partial charge on any atom is -0.383 e. The van der Waals surface area contributed by atoms with Crippen LogP contribution in [0.4, 0.5) is 0 Å². The molecule has 2 amide bonds. The first-order valence-corrected chi connectivity index (χ1v) is 5.08. The lowest BCUT2D eigenvalue weighted by molar-refractivity contribution is -0.141. The predicted molar refractivity (Wildman–Crippen MR) is 55.4 cm³/mol. The molecule has 2 rings (SSSR count). The number of aliphatic hydroxyl groups excluding tert-OH is 1. The number of amides is 2. The second-order valence-electron chi connectivity index (χ2n) is 3.53. The maximum Gasteiger partial charge on any atom is 0.258 e. The molecule has 0 saturated carbocycles. The summed E-state index contributed by atoms with van der Waals surface area (Å²) in [6.45, 7) is 0.124. The summed E-state index contributed by atoms with van der Waals surface area (Å²) < 4.78 is 0. The van der Waals surface area contributed by atoms with Gasteiger partial charge in [-0.2, -0.15) is 0 Å². The Morgan fingerprint density at radius 2 is 2.25 bits per heavy atom. The van der Waals surface area contributed by atoms with Crippen molar-refractivity contribution in [2.24, 2.45) is 0 Å². The zero-order valence-corrected chi connectivity index (χ0v) is 9.02. The van der Waals surface area contributed by atoms with Crippen LogP contribution >= 0.6 is 11.6 Å². The molecule has 1 N–H and O–H groups in total. The van der Waals surface area contributed by atoms with Gasteiger partial charge in [0.25, 0.3) is 5.91 Å². The minimum absolute atomic E-state index is 0.124. The van der Waals surface area contributed by atoms with E-state index in [4.69, 9.17) is 11.6 Å². The van der Waals surface area contributed by atoms with Crippen molar-refractivity contribution in [3.05, 3.63) is 29.0 Å². The Labute approximate surface area is 96.7 Å². The maximum atomic E-state index is 11.4. The van der Waals surface area contributed by atoms with Crippen molar-refractivity contribution in [2.45, 2.75) is 19.1 Å². The predicted octanol–water partition coefficient (Wildman–Crippen LogP) is 0.355. The van der Waals surface area contributed by atoms with Crippen LogP contribution in [-0.2, 0) is 16.1 Å². The van der Waals surface area contributed by atoms with Gasteiger partial charge in [-0.25, -0.2) is 4.98 Å². The van der Waals surface area contributed by atoms with E-state index in [1.165, 1.54) is 6.20 Å². The zero-order valence-electron chi connectivity index (χ0n) is 8.26. The first kappa shape index (κ1) is 11.0. The summed E-state index contributed by atoms with van der Waals surface area (Å²) in [4.78, 5) is 27.6. The van der Waals surface area contributed by atoms with Gasteiger partial charge >= 0.3 is 0 Å². The lowest BCUT2D eigenvalue weighted by Crippen LogP contribution is -2.31. The van der Waals surface area contributed by atoms with E-state index in [2.05, 4.69) is 4.98 Å². The average Bonchev–Trinajstić information content (AvgIpc) is 2.48. The summed E-state index contributed by atoms with van der Waals surface area (Å²) in [6, 6.07) is 3.26. The number of pyridine rings is 1. The van der Waals surface area contributed by atoms with Crippen molar-refractivity contribution < 1.29 is 14.7 Å². The van der Waals surface area contributed by atoms with E-state index in [9.17, 15) is 14.7 Å². The zero-order chi connectivity index (χ0) is 11.7. The third-order valence-corrected chi connectivity index (χ3v) is 2.57. The van der Waals surface area contributed by atoms with Gasteiger partial charge in [0.1, 0.15) is 11.3 Å². The molecule has 0 spiro atoms. The SMILES string of the molecule is O=C1CC(O)C(=O)N1Cc1ccc(Cl)nc1. The van der Waals surface area contributed by atoms with Gasteiger partial charge < -0.3 is 5.11 Å². The molecular weight excluding hydrogens is 232 g/mol. The fourth-order valence-corrected chi connectivity index (χ4v) is 1.63. The molecule has 1 aromatic heterocycles. The van der Waals surface area contributed by atoms with Crippen LogP contribution in [0.5, 0.6) is 0 Å². The van der Waals surface area contributed by atoms with Crippen LogP contribution in [0.25, 0.3) is 0 Å². The number of halogens is 1. The van der Waals surface area contributed by atoms with E-state index in [-0.39, 0.29) is 18.9 Å². The summed E-state index contributed by atoms with van der Waals surface area (Å²) >= 11 is 5.61. The third-order valence-electron chi connectivity index (χ3n) is 2.35. The number of carbonyl (C=O) groups excluding carboxylic acids is 2. The normalized spacial score (nSPS) is 20.6. The second kappa shape index (κ2) is 4.19. The fourth-order valence-electron chi connectivity index (χ4n) is 1.51. The first-order chi connectivity index (χ1) is 7.58. The quantitative estimate of drug-likeness (QED) is 0.598. The highest BCUT2D eigenvalue weighted by Gasteiger charge is 2.37. The van der Waals surface area contributed by atoms with E-state index < -0.39 is 12.0 Å². The van der Waals surface area contributed by atoms with Crippen molar-refractivity contribution in [1.29, 1.82) is 0 Å². The van der Waals surface area contributed by atoms with Crippen LogP contribution in [0, 0.1) is 0 Å². The van der Waals surface area contributed by atoms with Crippen molar-refractivity contribution in [3.63, 3.8) is 0 Å². The standard InChI is InChI=1S/C10H9ClN2O3/c11-8-2-1-6(4-12-8)5-13-9(15)3-7(14)10(13)16/h1-2,4,7,14H,3,5H2. The van der Waals surface area contributed by atoms with Crippen molar-refractivity contribution in [1.82, 2.24) is 9.88 Å². The van der Waals surface area contributed by atoms with Crippen LogP contribution < -0.4 is 0 Å². The molecule has 84 valence electrons. The number of aliphatic hydroxyl groups is 1. The fraction of sp³-hybridized carbons (Fsp3) is 0.300. The average molecular weight is 241 g/mol. The topological polar surface area (TPSA) is 70.5 Å². The molecule has 0 bridgehead atoms. The number of hydrogen-bond acceptors (Lipinski definition) is 4. The monoisotopic (exact) mass is 240 g/mol. The van der Waals surface area contributed by atoms with Gasteiger partial charge in [-0.05, 0) is 11.6 Å². The highest BCUT2D eigenvalue weighted by molar-refractivity contribution is 6.29. The molecule has 1 aliphatic rings. The number of carbonyl (C=O) groups is 2. The van der Waals surface area contributed by atoms with E-state index in [0.29, 0.717) is 10.7 Å². The molecule has 16 heavy (non-hydrogen) atoms. The summed E-state index contributed by atoms with van der Waals surface area (Å²) in [5.74, 6) is -0.924. The third kappa shape index (κ3) is 2.05. The molecular formula is C10H9ClN2O3. The van der Waals surface area contributed by atoms with Gasteiger partial charge in [0.15, 0.2) is 0 Å². The summed E-state index contributed by atoms with van der Waals surface area (Å²) in [7, 11) is 0. The second-order valence-corrected chi connectivity index (χ2v) is 3.91. The Kier molecular flexibility index (Phi) is 2.89. The maximum absolute atomic E-state index is 11.4. The Morgan fingerprint density at radius 3 is 2.75 bits per heavy atom. The van der Waals surface area contributed by atoms with E-state index in [0.717, 1.165) is 4.90 Å². The first-order valence-electron chi connectivity index (χ1n) is 4.70. The highest BCUT2D eigenvalue weighted by Crippen LogP contribution is 2.16. The molecule has 1 aromatic rings. The number of imide groups is 1. The van der Waals surface area contributed by atoms with Crippen LogP contribution in [0.3, 0.4) is 0 Å². The molecule has 0 aromatic carbocycles. The van der Waals surface area contributed by atoms with Gasteiger partial charge in [-0.3, -0.25) is 14.5 Å². The van der Waals surface area contributed by atoms with E-state index in [1.54, 1.807) is 12.1 Å². The van der Waals surface area contributed by atoms with Gasteiger partial charge in [-0.15, -0.1) is 0 Å². The van der Waals surface area contributed by atoms with Crippen molar-refractivity contribution in [2.75, 3.05) is 0 Å². The number of hydrogen-bond donors (Lipinski definition) is 1. The molecule has 1 atom stereocenters. The molecule has 0 radical (unpaired) electrons. The van der Waals surface area contributed by atoms with Gasteiger partial charge in [0.2, 0.25) is 5.91 Å². The van der Waals surface area contributed by atoms with Gasteiger partial charge in [-0.1, -0.05) is 17.7 Å².